The Morgan fingerprint density at radius 3 is 2.74 bits per heavy atom. The maximum absolute atomic E-state index is 13.9. The summed E-state index contributed by atoms with van der Waals surface area (Å²) < 4.78 is 33.6. The zero-order valence-corrected chi connectivity index (χ0v) is 20.9. The molecule has 1 amide bonds. The zero-order chi connectivity index (χ0) is 24.8. The molecule has 1 unspecified atom stereocenters. The molecule has 3 aromatic rings. The number of hydrogen-bond donors (Lipinski definition) is 1. The number of benzene rings is 1. The van der Waals surface area contributed by atoms with Gasteiger partial charge in [0, 0.05) is 18.8 Å². The average molecular weight is 574 g/mol. The molecule has 1 fully saturated rings. The molecule has 0 saturated heterocycles. The molecule has 34 heavy (non-hydrogen) atoms. The van der Waals surface area contributed by atoms with Crippen LogP contribution < -0.4 is 10.1 Å². The number of amides is 1. The molecule has 2 heterocycles. The lowest BCUT2D eigenvalue weighted by Gasteiger charge is -2.17. The van der Waals surface area contributed by atoms with Crippen LogP contribution in [0.4, 0.5) is 8.78 Å². The number of hydrogen-bond acceptors (Lipinski definition) is 5. The van der Waals surface area contributed by atoms with Crippen LogP contribution in [0.1, 0.15) is 28.8 Å². The van der Waals surface area contributed by atoms with Crippen molar-refractivity contribution in [3.8, 4) is 28.9 Å². The average Bonchev–Trinajstić information content (AvgIpc) is 3.28. The molecule has 1 saturated carbocycles. The molecule has 13 heteroatoms. The van der Waals surface area contributed by atoms with Crippen molar-refractivity contribution in [1.82, 2.24) is 24.9 Å². The number of carbonyl (C=O) groups excluding carboxylic acids is 1. The third-order valence-corrected chi connectivity index (χ3v) is 6.47. The van der Waals surface area contributed by atoms with Gasteiger partial charge in [-0.3, -0.25) is 4.79 Å². The van der Waals surface area contributed by atoms with Crippen LogP contribution in [0.3, 0.4) is 0 Å². The second-order valence-electron chi connectivity index (χ2n) is 7.86. The van der Waals surface area contributed by atoms with Crippen molar-refractivity contribution in [3.05, 3.63) is 46.7 Å². The first-order chi connectivity index (χ1) is 16.0. The standard InChI is InChI=1S/C21H17BrCl2F2N6O2/c1-11-17(34-21(25,26)19(22)24)30-31(2)18(11)32-9-13(8-28-32)12-3-4-15(23)14(7-12)16(33)29-20(10-27)5-6-20/h3-4,7-9,19H,5-6H2,1-2H3,(H,29,33). The predicted molar refractivity (Wildman–Crippen MR) is 125 cm³/mol. The van der Waals surface area contributed by atoms with E-state index in [1.165, 1.54) is 9.36 Å². The number of carbonyl (C=O) groups is 1. The molecule has 1 aromatic carbocycles. The van der Waals surface area contributed by atoms with E-state index in [4.69, 9.17) is 27.9 Å². The Labute approximate surface area is 211 Å². The molecule has 1 aliphatic rings. The number of rotatable bonds is 7. The quantitative estimate of drug-likeness (QED) is 0.403. The van der Waals surface area contributed by atoms with Crippen molar-refractivity contribution in [3.63, 3.8) is 0 Å². The zero-order valence-electron chi connectivity index (χ0n) is 17.8. The normalized spacial score (nSPS) is 15.5. The van der Waals surface area contributed by atoms with Crippen molar-refractivity contribution in [2.45, 2.75) is 35.7 Å². The third kappa shape index (κ3) is 4.62. The van der Waals surface area contributed by atoms with Gasteiger partial charge in [-0.2, -0.15) is 19.1 Å². The summed E-state index contributed by atoms with van der Waals surface area (Å²) in [6.45, 7) is 1.57. The maximum atomic E-state index is 13.9. The molecular formula is C21H17BrCl2F2N6O2. The monoisotopic (exact) mass is 572 g/mol. The van der Waals surface area contributed by atoms with Crippen LogP contribution in [0.5, 0.6) is 5.88 Å². The lowest BCUT2D eigenvalue weighted by Crippen LogP contribution is -2.35. The first-order valence-corrected chi connectivity index (χ1v) is 11.7. The van der Waals surface area contributed by atoms with Crippen LogP contribution in [0.25, 0.3) is 16.9 Å². The number of ether oxygens (including phenoxy) is 1. The van der Waals surface area contributed by atoms with Gasteiger partial charge >= 0.3 is 6.11 Å². The highest BCUT2D eigenvalue weighted by molar-refractivity contribution is 9.10. The summed E-state index contributed by atoms with van der Waals surface area (Å²) in [5.41, 5.74) is 1.02. The van der Waals surface area contributed by atoms with Gasteiger partial charge in [0.2, 0.25) is 5.88 Å². The first-order valence-electron chi connectivity index (χ1n) is 9.93. The summed E-state index contributed by atoms with van der Waals surface area (Å²) >= 11 is 14.3. The molecule has 0 aliphatic heterocycles. The minimum atomic E-state index is -3.68. The van der Waals surface area contributed by atoms with Crippen LogP contribution in [0.15, 0.2) is 30.6 Å². The number of alkyl halides is 4. The van der Waals surface area contributed by atoms with Gasteiger partial charge in [0.1, 0.15) is 5.54 Å². The van der Waals surface area contributed by atoms with Gasteiger partial charge in [-0.05, 0) is 37.5 Å². The molecule has 0 bridgehead atoms. The van der Waals surface area contributed by atoms with Crippen molar-refractivity contribution in [1.29, 1.82) is 5.26 Å². The minimum absolute atomic E-state index is 0.230. The lowest BCUT2D eigenvalue weighted by molar-refractivity contribution is -0.163. The van der Waals surface area contributed by atoms with E-state index in [0.717, 1.165) is 0 Å². The van der Waals surface area contributed by atoms with E-state index in [0.29, 0.717) is 35.3 Å². The van der Waals surface area contributed by atoms with Gasteiger partial charge in [0.15, 0.2) is 10.1 Å². The summed E-state index contributed by atoms with van der Waals surface area (Å²) in [6, 6.07) is 7.02. The SMILES string of the molecule is Cc1c(OC(F)(F)C(Cl)Br)nn(C)c1-n1cc(-c2ccc(Cl)c(C(=O)NC3(C#N)CC3)c2)cn1. The fraction of sp³-hybridized carbons (Fsp3) is 0.333. The molecule has 0 radical (unpaired) electrons. The molecule has 8 nitrogen and oxygen atoms in total. The van der Waals surface area contributed by atoms with Crippen LogP contribution in [0, 0.1) is 18.3 Å². The highest BCUT2D eigenvalue weighted by atomic mass is 79.9. The molecule has 4 rings (SSSR count). The number of aromatic nitrogens is 4. The summed E-state index contributed by atoms with van der Waals surface area (Å²) in [5.74, 6) is -0.330. The van der Waals surface area contributed by atoms with E-state index in [9.17, 15) is 18.8 Å². The number of nitriles is 1. The van der Waals surface area contributed by atoms with E-state index < -0.39 is 21.8 Å². The van der Waals surface area contributed by atoms with Gasteiger partial charge < -0.3 is 10.1 Å². The number of aryl methyl sites for hydroxylation is 1. The van der Waals surface area contributed by atoms with Gasteiger partial charge in [-0.15, -0.1) is 5.10 Å². The summed E-state index contributed by atoms with van der Waals surface area (Å²) in [4.78, 5) is 12.7. The highest BCUT2D eigenvalue weighted by Gasteiger charge is 2.45. The highest BCUT2D eigenvalue weighted by Crippen LogP contribution is 2.36. The molecular weight excluding hydrogens is 557 g/mol. The van der Waals surface area contributed by atoms with E-state index in [1.54, 1.807) is 44.6 Å². The third-order valence-electron chi connectivity index (χ3n) is 5.35. The summed E-state index contributed by atoms with van der Waals surface area (Å²) in [5, 5.41) is 20.5. The van der Waals surface area contributed by atoms with Crippen LogP contribution in [-0.2, 0) is 7.05 Å². The summed E-state index contributed by atoms with van der Waals surface area (Å²) in [6.07, 6.45) is 0.725. The van der Waals surface area contributed by atoms with Gasteiger partial charge in [0.25, 0.3) is 5.91 Å². The number of nitrogens with zero attached hydrogens (tertiary/aromatic N) is 5. The Morgan fingerprint density at radius 2 is 2.12 bits per heavy atom. The Morgan fingerprint density at radius 1 is 1.41 bits per heavy atom. The van der Waals surface area contributed by atoms with Crippen molar-refractivity contribution in [2.75, 3.05) is 0 Å². The van der Waals surface area contributed by atoms with E-state index >= 15 is 0 Å². The summed E-state index contributed by atoms with van der Waals surface area (Å²) in [7, 11) is 1.56. The molecule has 2 aromatic heterocycles. The Kier molecular flexibility index (Phi) is 6.35. The van der Waals surface area contributed by atoms with Crippen LogP contribution >= 0.6 is 39.1 Å². The van der Waals surface area contributed by atoms with E-state index in [2.05, 4.69) is 37.5 Å². The number of halogens is 5. The second kappa shape index (κ2) is 8.83. The van der Waals surface area contributed by atoms with Gasteiger partial charge in [-0.25, -0.2) is 9.36 Å². The van der Waals surface area contributed by atoms with E-state index in [1.807, 2.05) is 0 Å². The van der Waals surface area contributed by atoms with Crippen LogP contribution in [-0.4, -0.2) is 41.4 Å². The van der Waals surface area contributed by atoms with Crippen molar-refractivity contribution < 1.29 is 18.3 Å². The Balaban J connectivity index is 1.62. The fourth-order valence-electron chi connectivity index (χ4n) is 3.33. The van der Waals surface area contributed by atoms with Gasteiger partial charge in [0.05, 0.1) is 28.4 Å². The first kappa shape index (κ1) is 24.4. The fourth-order valence-corrected chi connectivity index (χ4v) is 3.67. The van der Waals surface area contributed by atoms with Crippen molar-refractivity contribution >= 4 is 45.0 Å². The number of nitrogens with one attached hydrogen (secondary N) is 1. The molecule has 1 N–H and O–H groups in total. The van der Waals surface area contributed by atoms with Gasteiger partial charge in [-0.1, -0.05) is 45.2 Å². The topological polar surface area (TPSA) is 97.8 Å². The Bertz CT molecular complexity index is 1310. The van der Waals surface area contributed by atoms with Crippen LogP contribution in [0.2, 0.25) is 5.02 Å². The Hall–Kier alpha value is -2.68. The molecule has 1 atom stereocenters. The largest absolute Gasteiger partial charge is 0.425 e. The maximum Gasteiger partial charge on any atom is 0.425 e. The molecule has 1 aliphatic carbocycles. The second-order valence-corrected chi connectivity index (χ2v) is 10.1. The smallest absolute Gasteiger partial charge is 0.411 e. The molecule has 0 spiro atoms. The van der Waals surface area contributed by atoms with E-state index in [-0.39, 0.29) is 16.5 Å². The predicted octanol–water partition coefficient (Wildman–Crippen LogP) is 4.95. The minimum Gasteiger partial charge on any atom is -0.411 e. The lowest BCUT2D eigenvalue weighted by atomic mass is 10.1. The van der Waals surface area contributed by atoms with Crippen molar-refractivity contribution in [2.24, 2.45) is 7.05 Å². The molecule has 178 valence electrons.